The minimum atomic E-state index is -0.429. The average molecular weight is 399 g/mol. The minimum Gasteiger partial charge on any atom is -0.326 e. The molecule has 0 aliphatic carbocycles. The van der Waals surface area contributed by atoms with Gasteiger partial charge < -0.3 is 16.0 Å². The lowest BCUT2D eigenvalue weighted by atomic mass is 10.1. The average Bonchev–Trinajstić information content (AvgIpc) is 2.75. The number of nitrogens with zero attached hydrogens (tertiary/aromatic N) is 2. The second-order valence-corrected chi connectivity index (χ2v) is 6.32. The van der Waals surface area contributed by atoms with Crippen LogP contribution in [0.25, 0.3) is 0 Å². The summed E-state index contributed by atoms with van der Waals surface area (Å²) >= 11 is 0. The molecule has 3 N–H and O–H groups in total. The SMILES string of the molecule is CC(=O)Nc1ccc(NC(=O)c2cncc(C(=O)Nc3ccc(C#N)cc3)c2)cc1. The fourth-order valence-corrected chi connectivity index (χ4v) is 2.56. The van der Waals surface area contributed by atoms with Crippen LogP contribution in [0.1, 0.15) is 33.2 Å². The molecule has 0 saturated heterocycles. The van der Waals surface area contributed by atoms with Crippen molar-refractivity contribution in [1.29, 1.82) is 5.26 Å². The molecule has 30 heavy (non-hydrogen) atoms. The molecule has 3 amide bonds. The van der Waals surface area contributed by atoms with Crippen LogP contribution in [-0.4, -0.2) is 22.7 Å². The van der Waals surface area contributed by atoms with Crippen LogP contribution in [0.5, 0.6) is 0 Å². The molecule has 148 valence electrons. The third kappa shape index (κ3) is 5.27. The van der Waals surface area contributed by atoms with Gasteiger partial charge in [0.1, 0.15) is 0 Å². The van der Waals surface area contributed by atoms with E-state index in [0.717, 1.165) is 0 Å². The number of nitrogens with one attached hydrogen (secondary N) is 3. The van der Waals surface area contributed by atoms with Crippen LogP contribution in [-0.2, 0) is 4.79 Å². The molecule has 3 rings (SSSR count). The van der Waals surface area contributed by atoms with Crippen LogP contribution in [0.3, 0.4) is 0 Å². The van der Waals surface area contributed by atoms with Gasteiger partial charge in [-0.15, -0.1) is 0 Å². The molecular weight excluding hydrogens is 382 g/mol. The molecule has 0 bridgehead atoms. The van der Waals surface area contributed by atoms with Crippen LogP contribution in [0.15, 0.2) is 67.0 Å². The van der Waals surface area contributed by atoms with Gasteiger partial charge in [-0.1, -0.05) is 0 Å². The summed E-state index contributed by atoms with van der Waals surface area (Å²) in [6.45, 7) is 1.41. The van der Waals surface area contributed by atoms with Crippen molar-refractivity contribution in [2.45, 2.75) is 6.92 Å². The normalized spacial score (nSPS) is 9.87. The largest absolute Gasteiger partial charge is 0.326 e. The Morgan fingerprint density at radius 1 is 0.767 bits per heavy atom. The fourth-order valence-electron chi connectivity index (χ4n) is 2.56. The van der Waals surface area contributed by atoms with Crippen LogP contribution in [0.4, 0.5) is 17.1 Å². The molecule has 0 spiro atoms. The molecule has 8 heteroatoms. The molecule has 0 aliphatic heterocycles. The highest BCUT2D eigenvalue weighted by molar-refractivity contribution is 6.08. The zero-order valence-corrected chi connectivity index (χ0v) is 16.0. The van der Waals surface area contributed by atoms with E-state index in [2.05, 4.69) is 20.9 Å². The maximum atomic E-state index is 12.5. The number of nitriles is 1. The Bertz CT molecular complexity index is 1130. The van der Waals surface area contributed by atoms with Crippen molar-refractivity contribution >= 4 is 34.8 Å². The molecule has 0 atom stereocenters. The van der Waals surface area contributed by atoms with Crippen LogP contribution < -0.4 is 16.0 Å². The highest BCUT2D eigenvalue weighted by atomic mass is 16.2. The summed E-state index contributed by atoms with van der Waals surface area (Å²) in [5, 5.41) is 16.9. The van der Waals surface area contributed by atoms with Crippen molar-refractivity contribution in [1.82, 2.24) is 4.98 Å². The molecule has 0 unspecified atom stereocenters. The topological polar surface area (TPSA) is 124 Å². The van der Waals surface area contributed by atoms with Gasteiger partial charge in [-0.3, -0.25) is 19.4 Å². The predicted octanol–water partition coefficient (Wildman–Crippen LogP) is 3.42. The third-order valence-electron chi connectivity index (χ3n) is 4.00. The third-order valence-corrected chi connectivity index (χ3v) is 4.00. The number of pyridine rings is 1. The summed E-state index contributed by atoms with van der Waals surface area (Å²) in [6.07, 6.45) is 2.72. The quantitative estimate of drug-likeness (QED) is 0.606. The van der Waals surface area contributed by atoms with Crippen molar-refractivity contribution in [3.8, 4) is 6.07 Å². The number of benzene rings is 2. The van der Waals surface area contributed by atoms with Crippen LogP contribution in [0, 0.1) is 11.3 Å². The van der Waals surface area contributed by atoms with E-state index in [-0.39, 0.29) is 17.0 Å². The van der Waals surface area contributed by atoms with Crippen molar-refractivity contribution in [3.63, 3.8) is 0 Å². The summed E-state index contributed by atoms with van der Waals surface area (Å²) < 4.78 is 0. The van der Waals surface area contributed by atoms with Gasteiger partial charge in [-0.2, -0.15) is 5.26 Å². The van der Waals surface area contributed by atoms with Crippen LogP contribution in [0.2, 0.25) is 0 Å². The Morgan fingerprint density at radius 2 is 1.20 bits per heavy atom. The Morgan fingerprint density at radius 3 is 1.63 bits per heavy atom. The molecule has 3 aromatic rings. The van der Waals surface area contributed by atoms with Crippen molar-refractivity contribution in [2.24, 2.45) is 0 Å². The van der Waals surface area contributed by atoms with E-state index < -0.39 is 11.8 Å². The minimum absolute atomic E-state index is 0.186. The highest BCUT2D eigenvalue weighted by Crippen LogP contribution is 2.16. The first-order chi connectivity index (χ1) is 14.4. The summed E-state index contributed by atoms with van der Waals surface area (Å²) in [5.74, 6) is -1.04. The maximum Gasteiger partial charge on any atom is 0.257 e. The van der Waals surface area contributed by atoms with Gasteiger partial charge in [0.25, 0.3) is 11.8 Å². The van der Waals surface area contributed by atoms with Gasteiger partial charge in [0.15, 0.2) is 0 Å². The van der Waals surface area contributed by atoms with E-state index in [0.29, 0.717) is 22.6 Å². The number of carbonyl (C=O) groups is 3. The molecule has 2 aromatic carbocycles. The first-order valence-corrected chi connectivity index (χ1v) is 8.90. The Hall–Kier alpha value is -4.51. The van der Waals surface area contributed by atoms with E-state index in [9.17, 15) is 14.4 Å². The zero-order chi connectivity index (χ0) is 21.5. The van der Waals surface area contributed by atoms with Gasteiger partial charge in [-0.05, 0) is 54.6 Å². The van der Waals surface area contributed by atoms with Crippen molar-refractivity contribution in [2.75, 3.05) is 16.0 Å². The van der Waals surface area contributed by atoms with Gasteiger partial charge in [0, 0.05) is 36.4 Å². The molecule has 1 heterocycles. The van der Waals surface area contributed by atoms with E-state index >= 15 is 0 Å². The predicted molar refractivity (Wildman–Crippen MR) is 112 cm³/mol. The molecule has 0 fully saturated rings. The van der Waals surface area contributed by atoms with Gasteiger partial charge >= 0.3 is 0 Å². The number of hydrogen-bond donors (Lipinski definition) is 3. The van der Waals surface area contributed by atoms with Gasteiger partial charge in [0.2, 0.25) is 5.91 Å². The molecule has 0 radical (unpaired) electrons. The number of rotatable bonds is 5. The maximum absolute atomic E-state index is 12.5. The first kappa shape index (κ1) is 20.2. The standard InChI is InChI=1S/C22H17N5O3/c1-14(28)25-18-6-8-20(9-7-18)27-22(30)17-10-16(12-24-13-17)21(29)26-19-4-2-15(11-23)3-5-19/h2-10,12-13H,1H3,(H,25,28)(H,26,29)(H,27,30). The Labute approximate surface area is 172 Å². The fraction of sp³-hybridized carbons (Fsp3) is 0.0455. The molecular formula is C22H17N5O3. The number of aromatic nitrogens is 1. The number of carbonyl (C=O) groups excluding carboxylic acids is 3. The summed E-state index contributed by atoms with van der Waals surface area (Å²) in [4.78, 5) is 40.0. The highest BCUT2D eigenvalue weighted by Gasteiger charge is 2.12. The number of hydrogen-bond acceptors (Lipinski definition) is 5. The molecule has 1 aromatic heterocycles. The van der Waals surface area contributed by atoms with E-state index in [4.69, 9.17) is 5.26 Å². The van der Waals surface area contributed by atoms with E-state index in [1.165, 1.54) is 25.4 Å². The lowest BCUT2D eigenvalue weighted by Crippen LogP contribution is -2.16. The van der Waals surface area contributed by atoms with E-state index in [1.54, 1.807) is 48.5 Å². The Kier molecular flexibility index (Phi) is 6.15. The number of anilines is 3. The summed E-state index contributed by atoms with van der Waals surface area (Å²) in [5.41, 5.74) is 2.58. The summed E-state index contributed by atoms with van der Waals surface area (Å²) in [7, 11) is 0. The zero-order valence-electron chi connectivity index (χ0n) is 16.0. The van der Waals surface area contributed by atoms with E-state index in [1.807, 2.05) is 6.07 Å². The lowest BCUT2D eigenvalue weighted by Gasteiger charge is -2.08. The first-order valence-electron chi connectivity index (χ1n) is 8.90. The van der Waals surface area contributed by atoms with Gasteiger partial charge in [-0.25, -0.2) is 0 Å². The summed E-state index contributed by atoms with van der Waals surface area (Å²) in [6, 6.07) is 16.5. The van der Waals surface area contributed by atoms with Gasteiger partial charge in [0.05, 0.1) is 22.8 Å². The molecule has 8 nitrogen and oxygen atoms in total. The Balaban J connectivity index is 1.67. The molecule has 0 aliphatic rings. The van der Waals surface area contributed by atoms with Crippen molar-refractivity contribution < 1.29 is 14.4 Å². The number of amides is 3. The van der Waals surface area contributed by atoms with Crippen molar-refractivity contribution in [3.05, 3.63) is 83.7 Å². The second kappa shape index (κ2) is 9.12. The van der Waals surface area contributed by atoms with Crippen LogP contribution >= 0.6 is 0 Å². The smallest absolute Gasteiger partial charge is 0.257 e. The monoisotopic (exact) mass is 399 g/mol. The molecule has 0 saturated carbocycles. The lowest BCUT2D eigenvalue weighted by molar-refractivity contribution is -0.114. The second-order valence-electron chi connectivity index (χ2n) is 6.32.